The summed E-state index contributed by atoms with van der Waals surface area (Å²) in [7, 11) is 1.84. The van der Waals surface area contributed by atoms with E-state index in [1.54, 1.807) is 0 Å². The van der Waals surface area contributed by atoms with Gasteiger partial charge in [0.2, 0.25) is 0 Å². The topological polar surface area (TPSA) is 41.7 Å². The fourth-order valence-corrected chi connectivity index (χ4v) is 4.43. The average molecular weight is 253 g/mol. The number of methoxy groups -OCH3 is 1. The van der Waals surface area contributed by atoms with Crippen molar-refractivity contribution in [2.75, 3.05) is 39.8 Å². The lowest BCUT2D eigenvalue weighted by atomic mass is 9.84. The molecule has 3 atom stereocenters. The van der Waals surface area contributed by atoms with Gasteiger partial charge < -0.3 is 10.5 Å². The molecule has 0 aliphatic carbocycles. The molecule has 3 fully saturated rings. The third-order valence-corrected chi connectivity index (χ3v) is 5.53. The highest BCUT2D eigenvalue weighted by Gasteiger charge is 2.51. The molecule has 0 bridgehead atoms. The van der Waals surface area contributed by atoms with E-state index in [-0.39, 0.29) is 5.54 Å². The van der Waals surface area contributed by atoms with Gasteiger partial charge in [-0.2, -0.15) is 0 Å². The van der Waals surface area contributed by atoms with Crippen molar-refractivity contribution < 1.29 is 4.74 Å². The predicted molar refractivity (Wildman–Crippen MR) is 72.6 cm³/mol. The summed E-state index contributed by atoms with van der Waals surface area (Å²) in [5.41, 5.74) is 6.48. The number of hydrogen-bond acceptors (Lipinski definition) is 4. The van der Waals surface area contributed by atoms with Crippen molar-refractivity contribution in [3.63, 3.8) is 0 Å². The van der Waals surface area contributed by atoms with Gasteiger partial charge >= 0.3 is 0 Å². The zero-order chi connectivity index (χ0) is 12.6. The molecule has 104 valence electrons. The first-order valence-corrected chi connectivity index (χ1v) is 7.52. The van der Waals surface area contributed by atoms with E-state index in [1.807, 2.05) is 7.11 Å². The Bertz CT molecular complexity index is 299. The molecule has 3 rings (SSSR count). The highest BCUT2D eigenvalue weighted by Crippen LogP contribution is 2.40. The number of hydrogen-bond donors (Lipinski definition) is 1. The van der Waals surface area contributed by atoms with Gasteiger partial charge in [0.25, 0.3) is 0 Å². The molecule has 0 aromatic rings. The Morgan fingerprint density at radius 1 is 1.22 bits per heavy atom. The summed E-state index contributed by atoms with van der Waals surface area (Å²) in [6.07, 6.45) is 6.94. The van der Waals surface area contributed by atoms with E-state index in [0.29, 0.717) is 12.1 Å². The van der Waals surface area contributed by atoms with Crippen LogP contribution in [0.3, 0.4) is 0 Å². The standard InChI is InChI=1S/C14H27N3O/c1-18-12-5-8-17(10-12)14(11-15)6-9-16-7-3-2-4-13(14)16/h12-13H,2-11,15H2,1H3. The van der Waals surface area contributed by atoms with Crippen molar-refractivity contribution in [2.45, 2.75) is 49.8 Å². The molecule has 3 saturated heterocycles. The van der Waals surface area contributed by atoms with E-state index in [4.69, 9.17) is 10.5 Å². The van der Waals surface area contributed by atoms with Crippen molar-refractivity contribution in [1.82, 2.24) is 9.80 Å². The number of likely N-dealkylation sites (tertiary alicyclic amines) is 1. The maximum atomic E-state index is 6.23. The minimum atomic E-state index is 0.244. The number of ether oxygens (including phenoxy) is 1. The van der Waals surface area contributed by atoms with Crippen LogP contribution in [0.1, 0.15) is 32.1 Å². The Balaban J connectivity index is 1.77. The van der Waals surface area contributed by atoms with Gasteiger partial charge in [0.15, 0.2) is 0 Å². The van der Waals surface area contributed by atoms with Crippen LogP contribution in [0.2, 0.25) is 0 Å². The monoisotopic (exact) mass is 253 g/mol. The van der Waals surface area contributed by atoms with Gasteiger partial charge in [0.1, 0.15) is 0 Å². The molecule has 18 heavy (non-hydrogen) atoms. The first kappa shape index (κ1) is 12.9. The molecular formula is C14H27N3O. The lowest BCUT2D eigenvalue weighted by molar-refractivity contribution is 0.0367. The molecular weight excluding hydrogens is 226 g/mol. The van der Waals surface area contributed by atoms with Crippen molar-refractivity contribution >= 4 is 0 Å². The molecule has 0 saturated carbocycles. The average Bonchev–Trinajstić information content (AvgIpc) is 3.03. The third kappa shape index (κ3) is 1.90. The molecule has 4 heteroatoms. The van der Waals surface area contributed by atoms with Gasteiger partial charge in [-0.15, -0.1) is 0 Å². The zero-order valence-electron chi connectivity index (χ0n) is 11.6. The molecule has 3 unspecified atom stereocenters. The van der Waals surface area contributed by atoms with Crippen LogP contribution in [0.15, 0.2) is 0 Å². The van der Waals surface area contributed by atoms with E-state index >= 15 is 0 Å². The van der Waals surface area contributed by atoms with Gasteiger partial charge in [0, 0.05) is 44.9 Å². The predicted octanol–water partition coefficient (Wildman–Crippen LogP) is 0.663. The minimum absolute atomic E-state index is 0.244. The van der Waals surface area contributed by atoms with Crippen LogP contribution in [-0.2, 0) is 4.74 Å². The smallest absolute Gasteiger partial charge is 0.0710 e. The number of nitrogens with two attached hydrogens (primary N) is 1. The molecule has 4 nitrogen and oxygen atoms in total. The van der Waals surface area contributed by atoms with Gasteiger partial charge in [0.05, 0.1) is 6.10 Å². The van der Waals surface area contributed by atoms with Crippen LogP contribution in [0.25, 0.3) is 0 Å². The lowest BCUT2D eigenvalue weighted by Gasteiger charge is -2.46. The summed E-state index contributed by atoms with van der Waals surface area (Å²) in [6, 6.07) is 0.701. The summed E-state index contributed by atoms with van der Waals surface area (Å²) in [5, 5.41) is 0. The van der Waals surface area contributed by atoms with E-state index < -0.39 is 0 Å². The Labute approximate surface area is 110 Å². The lowest BCUT2D eigenvalue weighted by Crippen LogP contribution is -2.61. The maximum Gasteiger partial charge on any atom is 0.0710 e. The van der Waals surface area contributed by atoms with E-state index in [1.165, 1.54) is 51.7 Å². The van der Waals surface area contributed by atoms with Crippen molar-refractivity contribution in [2.24, 2.45) is 5.73 Å². The number of piperidine rings is 1. The van der Waals surface area contributed by atoms with Crippen molar-refractivity contribution in [3.8, 4) is 0 Å². The van der Waals surface area contributed by atoms with Crippen molar-refractivity contribution in [1.29, 1.82) is 0 Å². The largest absolute Gasteiger partial charge is 0.380 e. The molecule has 0 aromatic heterocycles. The summed E-state index contributed by atoms with van der Waals surface area (Å²) >= 11 is 0. The summed E-state index contributed by atoms with van der Waals surface area (Å²) < 4.78 is 5.53. The fraction of sp³-hybridized carbons (Fsp3) is 1.00. The summed E-state index contributed by atoms with van der Waals surface area (Å²) in [5.74, 6) is 0. The molecule has 0 spiro atoms. The SMILES string of the molecule is COC1CCN(C2(CN)CCN3CCCCC32)C1. The Morgan fingerprint density at radius 2 is 2.11 bits per heavy atom. The van der Waals surface area contributed by atoms with Crippen LogP contribution >= 0.6 is 0 Å². The maximum absolute atomic E-state index is 6.23. The molecule has 3 aliphatic rings. The normalized spacial score (nSPS) is 42.3. The van der Waals surface area contributed by atoms with Crippen LogP contribution < -0.4 is 5.73 Å². The van der Waals surface area contributed by atoms with Gasteiger partial charge in [-0.05, 0) is 32.2 Å². The first-order valence-electron chi connectivity index (χ1n) is 7.52. The van der Waals surface area contributed by atoms with Crippen LogP contribution in [0, 0.1) is 0 Å². The Hall–Kier alpha value is -0.160. The highest BCUT2D eigenvalue weighted by atomic mass is 16.5. The Kier molecular flexibility index (Phi) is 3.63. The van der Waals surface area contributed by atoms with Crippen LogP contribution in [0.4, 0.5) is 0 Å². The zero-order valence-corrected chi connectivity index (χ0v) is 11.6. The van der Waals surface area contributed by atoms with E-state index in [0.717, 1.165) is 13.1 Å². The second-order valence-electron chi connectivity index (χ2n) is 6.20. The Morgan fingerprint density at radius 3 is 2.83 bits per heavy atom. The third-order valence-electron chi connectivity index (χ3n) is 5.53. The van der Waals surface area contributed by atoms with Gasteiger partial charge in [-0.25, -0.2) is 0 Å². The van der Waals surface area contributed by atoms with Crippen LogP contribution in [-0.4, -0.2) is 67.3 Å². The van der Waals surface area contributed by atoms with Crippen LogP contribution in [0.5, 0.6) is 0 Å². The first-order chi connectivity index (χ1) is 8.80. The van der Waals surface area contributed by atoms with Gasteiger partial charge in [-0.3, -0.25) is 9.80 Å². The molecule has 0 aromatic carbocycles. The molecule has 3 aliphatic heterocycles. The van der Waals surface area contributed by atoms with Crippen molar-refractivity contribution in [3.05, 3.63) is 0 Å². The number of rotatable bonds is 3. The molecule has 2 N–H and O–H groups in total. The number of nitrogens with zero attached hydrogens (tertiary/aromatic N) is 2. The number of fused-ring (bicyclic) bond motifs is 1. The molecule has 0 amide bonds. The minimum Gasteiger partial charge on any atom is -0.380 e. The second kappa shape index (κ2) is 5.08. The molecule has 0 radical (unpaired) electrons. The summed E-state index contributed by atoms with van der Waals surface area (Å²) in [6.45, 7) is 5.59. The van der Waals surface area contributed by atoms with Gasteiger partial charge in [-0.1, -0.05) is 6.42 Å². The molecule has 3 heterocycles. The quantitative estimate of drug-likeness (QED) is 0.802. The van der Waals surface area contributed by atoms with E-state index in [9.17, 15) is 0 Å². The second-order valence-corrected chi connectivity index (χ2v) is 6.20. The summed E-state index contributed by atoms with van der Waals surface area (Å²) in [4.78, 5) is 5.34. The fourth-order valence-electron chi connectivity index (χ4n) is 4.43. The van der Waals surface area contributed by atoms with E-state index in [2.05, 4.69) is 9.80 Å². The highest BCUT2D eigenvalue weighted by molar-refractivity contribution is 5.10.